The summed E-state index contributed by atoms with van der Waals surface area (Å²) in [5, 5.41) is 6.42. The number of hydrogen-bond donors (Lipinski definition) is 2. The molecule has 0 bridgehead atoms. The van der Waals surface area contributed by atoms with Crippen LogP contribution in [0.1, 0.15) is 21.5 Å². The molecule has 0 aliphatic carbocycles. The Hall–Kier alpha value is -1.62. The molecule has 0 heterocycles. The summed E-state index contributed by atoms with van der Waals surface area (Å²) in [6, 6.07) is 10.7. The number of aryl methyl sites for hydroxylation is 2. The molecule has 0 aliphatic heterocycles. The number of rotatable bonds is 2. The Balaban J connectivity index is 2.08. The van der Waals surface area contributed by atoms with Crippen LogP contribution in [-0.2, 0) is 0 Å². The number of nitrogens with one attached hydrogen (secondary N) is 2. The zero-order valence-corrected chi connectivity index (χ0v) is 14.4. The molecule has 0 atom stereocenters. The normalized spacial score (nSPS) is 10.2. The zero-order chi connectivity index (χ0) is 16.3. The lowest BCUT2D eigenvalue weighted by atomic mass is 10.1. The second kappa shape index (κ2) is 7.09. The van der Waals surface area contributed by atoms with Gasteiger partial charge in [-0.25, -0.2) is 0 Å². The van der Waals surface area contributed by atoms with Crippen LogP contribution in [0.3, 0.4) is 0 Å². The quantitative estimate of drug-likeness (QED) is 0.767. The maximum Gasteiger partial charge on any atom is 0.257 e. The Morgan fingerprint density at radius 1 is 1.14 bits per heavy atom. The third kappa shape index (κ3) is 3.97. The van der Waals surface area contributed by atoms with Crippen molar-refractivity contribution < 1.29 is 4.79 Å². The maximum absolute atomic E-state index is 12.2. The van der Waals surface area contributed by atoms with Crippen LogP contribution >= 0.6 is 35.4 Å². The number of anilines is 1. The van der Waals surface area contributed by atoms with E-state index in [0.29, 0.717) is 21.3 Å². The van der Waals surface area contributed by atoms with E-state index in [1.165, 1.54) is 0 Å². The number of carbonyl (C=O) groups excluding carboxylic acids is 1. The van der Waals surface area contributed by atoms with E-state index >= 15 is 0 Å². The zero-order valence-electron chi connectivity index (χ0n) is 12.0. The van der Waals surface area contributed by atoms with Crippen LogP contribution in [0.2, 0.25) is 10.0 Å². The van der Waals surface area contributed by atoms with Crippen molar-refractivity contribution in [3.8, 4) is 0 Å². The molecule has 1 amide bonds. The highest BCUT2D eigenvalue weighted by Gasteiger charge is 2.12. The van der Waals surface area contributed by atoms with E-state index in [-0.39, 0.29) is 11.0 Å². The summed E-state index contributed by atoms with van der Waals surface area (Å²) in [6.07, 6.45) is 0. The fourth-order valence-electron chi connectivity index (χ4n) is 1.99. The lowest BCUT2D eigenvalue weighted by Gasteiger charge is -2.12. The Morgan fingerprint density at radius 2 is 1.86 bits per heavy atom. The highest BCUT2D eigenvalue weighted by Crippen LogP contribution is 2.29. The van der Waals surface area contributed by atoms with Gasteiger partial charge < -0.3 is 5.32 Å². The minimum atomic E-state index is -0.270. The molecular formula is C16H14Cl2N2OS. The minimum Gasteiger partial charge on any atom is -0.331 e. The van der Waals surface area contributed by atoms with Crippen LogP contribution in [0, 0.1) is 13.8 Å². The van der Waals surface area contributed by atoms with Gasteiger partial charge in [-0.1, -0.05) is 47.0 Å². The molecule has 22 heavy (non-hydrogen) atoms. The molecule has 6 heteroatoms. The Labute approximate surface area is 144 Å². The molecule has 0 unspecified atom stereocenters. The van der Waals surface area contributed by atoms with Gasteiger partial charge in [0.05, 0.1) is 15.7 Å². The molecule has 3 nitrogen and oxygen atoms in total. The van der Waals surface area contributed by atoms with Gasteiger partial charge in [0.25, 0.3) is 5.91 Å². The molecule has 0 radical (unpaired) electrons. The van der Waals surface area contributed by atoms with Crippen molar-refractivity contribution in [2.24, 2.45) is 0 Å². The van der Waals surface area contributed by atoms with E-state index in [1.54, 1.807) is 24.3 Å². The first kappa shape index (κ1) is 16.7. The van der Waals surface area contributed by atoms with Crippen molar-refractivity contribution in [3.05, 3.63) is 63.1 Å². The molecule has 0 saturated heterocycles. The van der Waals surface area contributed by atoms with E-state index in [9.17, 15) is 4.79 Å². The van der Waals surface area contributed by atoms with Crippen molar-refractivity contribution in [1.29, 1.82) is 0 Å². The maximum atomic E-state index is 12.2. The van der Waals surface area contributed by atoms with Crippen molar-refractivity contribution in [3.63, 3.8) is 0 Å². The highest BCUT2D eigenvalue weighted by atomic mass is 35.5. The summed E-state index contributed by atoms with van der Waals surface area (Å²) in [7, 11) is 0. The largest absolute Gasteiger partial charge is 0.331 e. The van der Waals surface area contributed by atoms with Crippen molar-refractivity contribution in [2.45, 2.75) is 13.8 Å². The predicted molar refractivity (Wildman–Crippen MR) is 96.1 cm³/mol. The second-order valence-corrected chi connectivity index (χ2v) is 6.02. The average molecular weight is 353 g/mol. The van der Waals surface area contributed by atoms with Gasteiger partial charge in [0.15, 0.2) is 5.11 Å². The molecule has 0 saturated carbocycles. The van der Waals surface area contributed by atoms with Crippen LogP contribution in [0.25, 0.3) is 0 Å². The smallest absolute Gasteiger partial charge is 0.257 e. The van der Waals surface area contributed by atoms with E-state index in [0.717, 1.165) is 11.1 Å². The summed E-state index contributed by atoms with van der Waals surface area (Å²) in [6.45, 7) is 3.86. The fourth-order valence-corrected chi connectivity index (χ4v) is 2.54. The number of benzene rings is 2. The van der Waals surface area contributed by atoms with Gasteiger partial charge in [-0.2, -0.15) is 0 Å². The molecular weight excluding hydrogens is 339 g/mol. The predicted octanol–water partition coefficient (Wildman–Crippen LogP) is 4.74. The van der Waals surface area contributed by atoms with Crippen LogP contribution in [-0.4, -0.2) is 11.0 Å². The second-order valence-electron chi connectivity index (χ2n) is 4.83. The number of halogens is 2. The van der Waals surface area contributed by atoms with Gasteiger partial charge >= 0.3 is 0 Å². The van der Waals surface area contributed by atoms with Crippen LogP contribution in [0.4, 0.5) is 5.69 Å². The minimum absolute atomic E-state index is 0.161. The summed E-state index contributed by atoms with van der Waals surface area (Å²) in [4.78, 5) is 12.2. The Kier molecular flexibility index (Phi) is 5.40. The van der Waals surface area contributed by atoms with Crippen LogP contribution in [0.15, 0.2) is 36.4 Å². The first-order valence-electron chi connectivity index (χ1n) is 6.52. The number of carbonyl (C=O) groups is 1. The van der Waals surface area contributed by atoms with Crippen molar-refractivity contribution in [2.75, 3.05) is 5.32 Å². The number of thiocarbonyl (C=S) groups is 1. The molecule has 2 N–H and O–H groups in total. The molecule has 2 rings (SSSR count). The molecule has 2 aromatic rings. The van der Waals surface area contributed by atoms with Gasteiger partial charge in [-0.05, 0) is 49.8 Å². The Morgan fingerprint density at radius 3 is 2.55 bits per heavy atom. The summed E-state index contributed by atoms with van der Waals surface area (Å²) < 4.78 is 0. The Bertz CT molecular complexity index is 747. The third-order valence-corrected chi connectivity index (χ3v) is 4.08. The van der Waals surface area contributed by atoms with Crippen molar-refractivity contribution in [1.82, 2.24) is 5.32 Å². The lowest BCUT2D eigenvalue weighted by Crippen LogP contribution is -2.34. The number of amides is 1. The van der Waals surface area contributed by atoms with Gasteiger partial charge in [0.1, 0.15) is 0 Å². The molecule has 0 spiro atoms. The van der Waals surface area contributed by atoms with E-state index in [4.69, 9.17) is 35.4 Å². The standard InChI is InChI=1S/C16H14Cl2N2OS/c1-9-6-7-11(10(2)8-9)15(21)20-16(22)19-13-5-3-4-12(17)14(13)18/h3-8H,1-2H3,(H2,19,20,21,22). The van der Waals surface area contributed by atoms with Crippen LogP contribution < -0.4 is 10.6 Å². The molecule has 114 valence electrons. The first-order chi connectivity index (χ1) is 10.4. The topological polar surface area (TPSA) is 41.1 Å². The van der Waals surface area contributed by atoms with Crippen molar-refractivity contribution >= 4 is 52.1 Å². The van der Waals surface area contributed by atoms with Gasteiger partial charge in [0, 0.05) is 5.56 Å². The number of hydrogen-bond acceptors (Lipinski definition) is 2. The molecule has 0 fully saturated rings. The highest BCUT2D eigenvalue weighted by molar-refractivity contribution is 7.80. The van der Waals surface area contributed by atoms with E-state index in [1.807, 2.05) is 26.0 Å². The summed E-state index contributed by atoms with van der Waals surface area (Å²) in [5.74, 6) is -0.270. The summed E-state index contributed by atoms with van der Waals surface area (Å²) in [5.41, 5.74) is 3.11. The lowest BCUT2D eigenvalue weighted by molar-refractivity contribution is 0.0977. The SMILES string of the molecule is Cc1ccc(C(=O)NC(=S)Nc2cccc(Cl)c2Cl)c(C)c1. The first-order valence-corrected chi connectivity index (χ1v) is 7.68. The molecule has 2 aromatic carbocycles. The fraction of sp³-hybridized carbons (Fsp3) is 0.125. The van der Waals surface area contributed by atoms with Gasteiger partial charge in [-0.15, -0.1) is 0 Å². The summed E-state index contributed by atoms with van der Waals surface area (Å²) >= 11 is 17.1. The van der Waals surface area contributed by atoms with E-state index < -0.39 is 0 Å². The van der Waals surface area contributed by atoms with E-state index in [2.05, 4.69) is 10.6 Å². The van der Waals surface area contributed by atoms with Crippen LogP contribution in [0.5, 0.6) is 0 Å². The average Bonchev–Trinajstić information content (AvgIpc) is 2.43. The monoisotopic (exact) mass is 352 g/mol. The van der Waals surface area contributed by atoms with Gasteiger partial charge in [0.2, 0.25) is 0 Å². The van der Waals surface area contributed by atoms with Gasteiger partial charge in [-0.3, -0.25) is 10.1 Å². The molecule has 0 aliphatic rings. The third-order valence-electron chi connectivity index (χ3n) is 3.05. The molecule has 0 aromatic heterocycles.